The van der Waals surface area contributed by atoms with Crippen LogP contribution >= 0.6 is 0 Å². The second-order valence-electron chi connectivity index (χ2n) is 6.44. The van der Waals surface area contributed by atoms with E-state index in [1.54, 1.807) is 0 Å². The van der Waals surface area contributed by atoms with E-state index in [-0.39, 0.29) is 0 Å². The maximum absolute atomic E-state index is 6.05. The zero-order valence-corrected chi connectivity index (χ0v) is 11.7. The first-order chi connectivity index (χ1) is 8.22. The molecule has 0 aromatic rings. The predicted molar refractivity (Wildman–Crippen MR) is 74.0 cm³/mol. The first kappa shape index (κ1) is 13.4. The van der Waals surface area contributed by atoms with Crippen LogP contribution in [0.1, 0.15) is 58.3 Å². The molecule has 100 valence electrons. The van der Waals surface area contributed by atoms with Crippen molar-refractivity contribution >= 4 is 0 Å². The van der Waals surface area contributed by atoms with Crippen LogP contribution in [0.3, 0.4) is 0 Å². The quantitative estimate of drug-likeness (QED) is 0.816. The van der Waals surface area contributed by atoms with Crippen LogP contribution < -0.4 is 5.73 Å². The van der Waals surface area contributed by atoms with Gasteiger partial charge in [-0.3, -0.25) is 4.90 Å². The summed E-state index contributed by atoms with van der Waals surface area (Å²) in [7, 11) is 2.33. The van der Waals surface area contributed by atoms with E-state index in [1.165, 1.54) is 51.4 Å². The maximum atomic E-state index is 6.05. The van der Waals surface area contributed by atoms with Crippen molar-refractivity contribution in [2.45, 2.75) is 70.4 Å². The molecule has 0 bridgehead atoms. The van der Waals surface area contributed by atoms with Crippen LogP contribution in [-0.4, -0.2) is 30.6 Å². The fourth-order valence-electron chi connectivity index (χ4n) is 4.08. The van der Waals surface area contributed by atoms with Crippen molar-refractivity contribution in [3.8, 4) is 0 Å². The van der Waals surface area contributed by atoms with Crippen molar-refractivity contribution in [2.24, 2.45) is 17.6 Å². The highest BCUT2D eigenvalue weighted by Crippen LogP contribution is 2.33. The van der Waals surface area contributed by atoms with Gasteiger partial charge in [-0.05, 0) is 44.6 Å². The van der Waals surface area contributed by atoms with Crippen molar-refractivity contribution in [1.29, 1.82) is 0 Å². The maximum Gasteiger partial charge on any atom is 0.0246 e. The van der Waals surface area contributed by atoms with Crippen LogP contribution in [0, 0.1) is 11.8 Å². The Morgan fingerprint density at radius 1 is 1.12 bits per heavy atom. The van der Waals surface area contributed by atoms with Gasteiger partial charge in [0, 0.05) is 18.6 Å². The number of nitrogens with zero attached hydrogens (tertiary/aromatic N) is 1. The molecule has 2 saturated carbocycles. The second kappa shape index (κ2) is 6.19. The molecule has 2 N–H and O–H groups in total. The fourth-order valence-corrected chi connectivity index (χ4v) is 4.08. The molecule has 0 amide bonds. The first-order valence-electron chi connectivity index (χ1n) is 7.64. The summed E-state index contributed by atoms with van der Waals surface area (Å²) in [6.07, 6.45) is 11.3. The van der Waals surface area contributed by atoms with Gasteiger partial charge in [0.05, 0.1) is 0 Å². The van der Waals surface area contributed by atoms with Gasteiger partial charge in [-0.15, -0.1) is 0 Å². The lowest BCUT2D eigenvalue weighted by Gasteiger charge is -2.41. The molecular formula is C15H30N2. The minimum atomic E-state index is 0.646. The lowest BCUT2D eigenvalue weighted by atomic mass is 9.84. The fraction of sp³-hybridized carbons (Fsp3) is 1.00. The summed E-state index contributed by atoms with van der Waals surface area (Å²) in [5.41, 5.74) is 6.05. The van der Waals surface area contributed by atoms with Crippen LogP contribution in [0.2, 0.25) is 0 Å². The van der Waals surface area contributed by atoms with Gasteiger partial charge in [0.25, 0.3) is 0 Å². The van der Waals surface area contributed by atoms with E-state index in [2.05, 4.69) is 18.9 Å². The van der Waals surface area contributed by atoms with Gasteiger partial charge in [0.2, 0.25) is 0 Å². The summed E-state index contributed by atoms with van der Waals surface area (Å²) in [6.45, 7) is 3.26. The third-order valence-electron chi connectivity index (χ3n) is 5.19. The molecule has 2 nitrogen and oxygen atoms in total. The Bertz CT molecular complexity index is 223. The van der Waals surface area contributed by atoms with E-state index < -0.39 is 0 Å². The van der Waals surface area contributed by atoms with Crippen molar-refractivity contribution in [3.05, 3.63) is 0 Å². The molecule has 2 fully saturated rings. The zero-order valence-electron chi connectivity index (χ0n) is 11.7. The lowest BCUT2D eigenvalue weighted by molar-refractivity contribution is 0.0895. The normalized spacial score (nSPS) is 33.2. The van der Waals surface area contributed by atoms with E-state index in [0.717, 1.165) is 24.4 Å². The Balaban J connectivity index is 1.93. The van der Waals surface area contributed by atoms with Gasteiger partial charge in [-0.1, -0.05) is 32.6 Å². The number of hydrogen-bond donors (Lipinski definition) is 1. The van der Waals surface area contributed by atoms with Crippen molar-refractivity contribution < 1.29 is 0 Å². The largest absolute Gasteiger partial charge is 0.329 e. The lowest BCUT2D eigenvalue weighted by Crippen LogP contribution is -2.49. The van der Waals surface area contributed by atoms with E-state index >= 15 is 0 Å². The Kier molecular flexibility index (Phi) is 4.87. The van der Waals surface area contributed by atoms with Crippen LogP contribution in [0.4, 0.5) is 0 Å². The smallest absolute Gasteiger partial charge is 0.0246 e. The van der Waals surface area contributed by atoms with Crippen molar-refractivity contribution in [3.63, 3.8) is 0 Å². The third kappa shape index (κ3) is 3.23. The van der Waals surface area contributed by atoms with Gasteiger partial charge >= 0.3 is 0 Å². The van der Waals surface area contributed by atoms with E-state index in [0.29, 0.717) is 6.04 Å². The minimum Gasteiger partial charge on any atom is -0.329 e. The molecule has 17 heavy (non-hydrogen) atoms. The van der Waals surface area contributed by atoms with Crippen LogP contribution in [0.15, 0.2) is 0 Å². The SMILES string of the molecule is CC1CCCC(N(C)C(CN)C2CCCC2)C1. The summed E-state index contributed by atoms with van der Waals surface area (Å²) in [4.78, 5) is 2.64. The topological polar surface area (TPSA) is 29.3 Å². The molecule has 0 aromatic carbocycles. The molecule has 0 spiro atoms. The Morgan fingerprint density at radius 2 is 1.82 bits per heavy atom. The Labute approximate surface area is 107 Å². The summed E-state index contributed by atoms with van der Waals surface area (Å²) >= 11 is 0. The van der Waals surface area contributed by atoms with Gasteiger partial charge < -0.3 is 5.73 Å². The predicted octanol–water partition coefficient (Wildman–Crippen LogP) is 3.01. The Morgan fingerprint density at radius 3 is 2.41 bits per heavy atom. The van der Waals surface area contributed by atoms with Crippen LogP contribution in [0.25, 0.3) is 0 Å². The van der Waals surface area contributed by atoms with Crippen molar-refractivity contribution in [2.75, 3.05) is 13.6 Å². The highest BCUT2D eigenvalue weighted by atomic mass is 15.2. The molecular weight excluding hydrogens is 208 g/mol. The summed E-state index contributed by atoms with van der Waals surface area (Å²) in [5, 5.41) is 0. The number of hydrogen-bond acceptors (Lipinski definition) is 2. The molecule has 3 unspecified atom stereocenters. The summed E-state index contributed by atoms with van der Waals surface area (Å²) in [5.74, 6) is 1.79. The monoisotopic (exact) mass is 238 g/mol. The number of rotatable bonds is 4. The molecule has 0 saturated heterocycles. The second-order valence-corrected chi connectivity index (χ2v) is 6.44. The van der Waals surface area contributed by atoms with E-state index in [1.807, 2.05) is 0 Å². The van der Waals surface area contributed by atoms with Gasteiger partial charge in [0.1, 0.15) is 0 Å². The molecule has 2 aliphatic rings. The standard InChI is InChI=1S/C15H30N2/c1-12-6-5-9-14(10-12)17(2)15(11-16)13-7-3-4-8-13/h12-15H,3-11,16H2,1-2H3. The number of nitrogens with two attached hydrogens (primary N) is 1. The summed E-state index contributed by atoms with van der Waals surface area (Å²) in [6, 6.07) is 1.45. The summed E-state index contributed by atoms with van der Waals surface area (Å²) < 4.78 is 0. The molecule has 0 aromatic heterocycles. The molecule has 3 atom stereocenters. The minimum absolute atomic E-state index is 0.646. The first-order valence-corrected chi connectivity index (χ1v) is 7.64. The third-order valence-corrected chi connectivity index (χ3v) is 5.19. The average Bonchev–Trinajstić information content (AvgIpc) is 2.83. The molecule has 2 rings (SSSR count). The molecule has 0 aliphatic heterocycles. The molecule has 2 aliphatic carbocycles. The number of likely N-dealkylation sites (N-methyl/N-ethyl adjacent to an activating group) is 1. The zero-order chi connectivity index (χ0) is 12.3. The van der Waals surface area contributed by atoms with E-state index in [4.69, 9.17) is 5.73 Å². The van der Waals surface area contributed by atoms with E-state index in [9.17, 15) is 0 Å². The van der Waals surface area contributed by atoms with Gasteiger partial charge in [-0.2, -0.15) is 0 Å². The highest BCUT2D eigenvalue weighted by molar-refractivity contribution is 4.87. The van der Waals surface area contributed by atoms with Crippen LogP contribution in [0.5, 0.6) is 0 Å². The van der Waals surface area contributed by atoms with Crippen LogP contribution in [-0.2, 0) is 0 Å². The van der Waals surface area contributed by atoms with Gasteiger partial charge in [0.15, 0.2) is 0 Å². The molecule has 0 radical (unpaired) electrons. The Hall–Kier alpha value is -0.0800. The van der Waals surface area contributed by atoms with Gasteiger partial charge in [-0.25, -0.2) is 0 Å². The van der Waals surface area contributed by atoms with Crippen molar-refractivity contribution in [1.82, 2.24) is 4.90 Å². The average molecular weight is 238 g/mol. The molecule has 0 heterocycles. The highest BCUT2D eigenvalue weighted by Gasteiger charge is 2.32. The molecule has 2 heteroatoms.